The Labute approximate surface area is 203 Å². The fourth-order valence-electron chi connectivity index (χ4n) is 4.17. The Morgan fingerprint density at radius 1 is 1.09 bits per heavy atom. The second kappa shape index (κ2) is 10.3. The van der Waals surface area contributed by atoms with Crippen LogP contribution in [0.4, 0.5) is 11.4 Å². The van der Waals surface area contributed by atoms with Gasteiger partial charge in [0, 0.05) is 42.1 Å². The molecule has 1 amide bonds. The van der Waals surface area contributed by atoms with E-state index in [0.717, 1.165) is 44.1 Å². The molecule has 3 aliphatic heterocycles. The van der Waals surface area contributed by atoms with E-state index in [1.807, 2.05) is 24.3 Å². The third-order valence-electron chi connectivity index (χ3n) is 5.87. The van der Waals surface area contributed by atoms with Crippen molar-refractivity contribution in [3.8, 4) is 0 Å². The molecule has 2 N–H and O–H groups in total. The average molecular weight is 485 g/mol. The highest BCUT2D eigenvalue weighted by molar-refractivity contribution is 6.39. The second-order valence-corrected chi connectivity index (χ2v) is 7.85. The molecule has 3 heterocycles. The van der Waals surface area contributed by atoms with E-state index in [0.29, 0.717) is 40.4 Å². The Hall–Kier alpha value is -3.40. The van der Waals surface area contributed by atoms with E-state index in [-0.39, 0.29) is 18.3 Å². The first-order valence-electron chi connectivity index (χ1n) is 10.8. The van der Waals surface area contributed by atoms with Crippen molar-refractivity contribution in [3.63, 3.8) is 0 Å². The summed E-state index contributed by atoms with van der Waals surface area (Å²) in [6.45, 7) is 4.36. The molecule has 0 atom stereocenters. The first kappa shape index (κ1) is 23.7. The van der Waals surface area contributed by atoms with Crippen molar-refractivity contribution in [2.75, 3.05) is 57.2 Å². The van der Waals surface area contributed by atoms with Crippen molar-refractivity contribution in [1.82, 2.24) is 4.90 Å². The minimum absolute atomic E-state index is 0. The minimum atomic E-state index is -0.468. The number of carbonyl (C=O) groups is 2. The number of halogens is 1. The predicted octanol–water partition coefficient (Wildman–Crippen LogP) is 2.74. The number of para-hydroxylation sites is 1. The number of fused-ring (bicyclic) bond motifs is 2. The third-order valence-corrected chi connectivity index (χ3v) is 5.87. The van der Waals surface area contributed by atoms with Crippen molar-refractivity contribution in [3.05, 3.63) is 64.9 Å². The molecular formula is C24H25ClN4O5. The van der Waals surface area contributed by atoms with Gasteiger partial charge in [0.1, 0.15) is 12.3 Å². The van der Waals surface area contributed by atoms with E-state index in [9.17, 15) is 9.59 Å². The molecule has 1 saturated heterocycles. The Bertz CT molecular complexity index is 1170. The maximum absolute atomic E-state index is 13.0. The summed E-state index contributed by atoms with van der Waals surface area (Å²) in [5.41, 5.74) is 4.77. The Morgan fingerprint density at radius 3 is 2.65 bits per heavy atom. The van der Waals surface area contributed by atoms with Gasteiger partial charge in [-0.2, -0.15) is 0 Å². The molecule has 2 aromatic carbocycles. The minimum Gasteiger partial charge on any atom is -0.465 e. The summed E-state index contributed by atoms with van der Waals surface area (Å²) >= 11 is 0. The molecule has 34 heavy (non-hydrogen) atoms. The van der Waals surface area contributed by atoms with Crippen LogP contribution in [0, 0.1) is 0 Å². The molecule has 5 rings (SSSR count). The summed E-state index contributed by atoms with van der Waals surface area (Å²) < 4.78 is 10.2. The van der Waals surface area contributed by atoms with Gasteiger partial charge in [0.25, 0.3) is 5.91 Å². The maximum Gasteiger partial charge on any atom is 0.337 e. The van der Waals surface area contributed by atoms with Gasteiger partial charge in [-0.25, -0.2) is 4.79 Å². The molecule has 9 nitrogen and oxygen atoms in total. The number of methoxy groups -OCH3 is 1. The summed E-state index contributed by atoms with van der Waals surface area (Å²) in [6.07, 6.45) is 0. The number of esters is 1. The molecule has 1 fully saturated rings. The van der Waals surface area contributed by atoms with E-state index in [1.165, 1.54) is 7.11 Å². The quantitative estimate of drug-likeness (QED) is 0.291. The van der Waals surface area contributed by atoms with E-state index in [4.69, 9.17) is 14.3 Å². The second-order valence-electron chi connectivity index (χ2n) is 7.85. The highest BCUT2D eigenvalue weighted by atomic mass is 35.5. The first-order valence-corrected chi connectivity index (χ1v) is 10.8. The molecule has 0 saturated carbocycles. The Morgan fingerprint density at radius 2 is 1.85 bits per heavy atom. The molecule has 178 valence electrons. The number of benzene rings is 2. The fraction of sp³-hybridized carbons (Fsp3) is 0.292. The van der Waals surface area contributed by atoms with E-state index in [1.54, 1.807) is 18.2 Å². The third kappa shape index (κ3) is 4.50. The lowest BCUT2D eigenvalue weighted by atomic mass is 9.99. The maximum atomic E-state index is 13.0. The number of rotatable bonds is 5. The highest BCUT2D eigenvalue weighted by Gasteiger charge is 2.34. The van der Waals surface area contributed by atoms with Crippen LogP contribution in [-0.2, 0) is 19.1 Å². The van der Waals surface area contributed by atoms with Crippen LogP contribution in [0.5, 0.6) is 0 Å². The smallest absolute Gasteiger partial charge is 0.337 e. The van der Waals surface area contributed by atoms with Gasteiger partial charge < -0.3 is 24.9 Å². The number of hydrogen-bond donors (Lipinski definition) is 2. The Kier molecular flexibility index (Phi) is 7.16. The fourth-order valence-corrected chi connectivity index (χ4v) is 4.17. The van der Waals surface area contributed by atoms with Crippen molar-refractivity contribution >= 4 is 46.9 Å². The average Bonchev–Trinajstić information content (AvgIpc) is 3.37. The van der Waals surface area contributed by atoms with Gasteiger partial charge in [-0.15, -0.1) is 12.4 Å². The van der Waals surface area contributed by atoms with Crippen LogP contribution in [0.1, 0.15) is 21.5 Å². The molecule has 0 bridgehead atoms. The van der Waals surface area contributed by atoms with Gasteiger partial charge in [0.15, 0.2) is 0 Å². The Balaban J connectivity index is 0.00000274. The zero-order chi connectivity index (χ0) is 22.8. The number of carbonyl (C=O) groups excluding carboxylic acids is 2. The number of nitrogens with one attached hydrogen (secondary N) is 2. The molecule has 0 aliphatic carbocycles. The molecule has 0 unspecified atom stereocenters. The zero-order valence-electron chi connectivity index (χ0n) is 18.6. The summed E-state index contributed by atoms with van der Waals surface area (Å²) in [5, 5.41) is 10.6. The molecular weight excluding hydrogens is 460 g/mol. The number of ether oxygens (including phenoxy) is 2. The van der Waals surface area contributed by atoms with Crippen molar-refractivity contribution in [1.29, 1.82) is 0 Å². The van der Waals surface area contributed by atoms with Crippen LogP contribution in [0.2, 0.25) is 0 Å². The number of anilines is 2. The monoisotopic (exact) mass is 484 g/mol. The number of oxime groups is 1. The number of allylic oxidation sites excluding steroid dienone is 1. The van der Waals surface area contributed by atoms with Crippen molar-refractivity contribution < 1.29 is 23.9 Å². The van der Waals surface area contributed by atoms with Gasteiger partial charge in [-0.05, 0) is 24.3 Å². The lowest BCUT2D eigenvalue weighted by Crippen LogP contribution is -2.38. The normalized spacial score (nSPS) is 20.1. The number of nitrogens with zero attached hydrogens (tertiary/aromatic N) is 2. The molecule has 10 heteroatoms. The van der Waals surface area contributed by atoms with Crippen LogP contribution in [0.3, 0.4) is 0 Å². The molecule has 0 aromatic heterocycles. The van der Waals surface area contributed by atoms with Gasteiger partial charge in [-0.3, -0.25) is 9.69 Å². The summed E-state index contributed by atoms with van der Waals surface area (Å²) in [6, 6.07) is 12.7. The van der Waals surface area contributed by atoms with Crippen molar-refractivity contribution in [2.24, 2.45) is 5.16 Å². The molecule has 0 spiro atoms. The van der Waals surface area contributed by atoms with Crippen LogP contribution in [0.15, 0.2) is 53.3 Å². The van der Waals surface area contributed by atoms with Gasteiger partial charge in [0.05, 0.1) is 37.2 Å². The van der Waals surface area contributed by atoms with Crippen LogP contribution in [0.25, 0.3) is 5.57 Å². The summed E-state index contributed by atoms with van der Waals surface area (Å²) in [4.78, 5) is 33.0. The zero-order valence-corrected chi connectivity index (χ0v) is 19.4. The standard InChI is InChI=1S/C24H24N4O5.ClH/c1-31-24(30)15-6-7-19-17(14-15)20(23(29)26-19)22-21(16-4-2-3-5-18(16)25-22)27-33-13-10-28-8-11-32-12-9-28;/h2-7,14,25H,8-13H2,1H3,(H,26,29);1H/b22-20-,27-21+;. The topological polar surface area (TPSA) is 101 Å². The number of amides is 1. The number of hydrogen-bond acceptors (Lipinski definition) is 8. The number of morpholine rings is 1. The van der Waals surface area contributed by atoms with E-state index >= 15 is 0 Å². The predicted molar refractivity (Wildman–Crippen MR) is 130 cm³/mol. The lowest BCUT2D eigenvalue weighted by molar-refractivity contribution is -0.110. The molecule has 0 radical (unpaired) electrons. The van der Waals surface area contributed by atoms with Gasteiger partial charge in [0.2, 0.25) is 0 Å². The lowest BCUT2D eigenvalue weighted by Gasteiger charge is -2.25. The molecule has 2 aromatic rings. The first-order chi connectivity index (χ1) is 16.2. The van der Waals surface area contributed by atoms with Crippen LogP contribution in [-0.4, -0.2) is 69.1 Å². The van der Waals surface area contributed by atoms with Crippen LogP contribution < -0.4 is 10.6 Å². The van der Waals surface area contributed by atoms with Crippen LogP contribution >= 0.6 is 12.4 Å². The van der Waals surface area contributed by atoms with E-state index < -0.39 is 5.97 Å². The summed E-state index contributed by atoms with van der Waals surface area (Å²) in [5.74, 6) is -0.743. The highest BCUT2D eigenvalue weighted by Crippen LogP contribution is 2.39. The largest absolute Gasteiger partial charge is 0.465 e. The van der Waals surface area contributed by atoms with Crippen molar-refractivity contribution in [2.45, 2.75) is 0 Å². The SMILES string of the molecule is COC(=O)c1ccc2c(c1)/C(=C1/Nc3ccccc3/C1=N\OCCN1CCOCC1)C(=O)N2.Cl. The van der Waals surface area contributed by atoms with E-state index in [2.05, 4.69) is 20.7 Å². The molecule has 3 aliphatic rings. The summed E-state index contributed by atoms with van der Waals surface area (Å²) in [7, 11) is 1.33. The van der Waals surface area contributed by atoms with Gasteiger partial charge in [-0.1, -0.05) is 23.4 Å². The van der Waals surface area contributed by atoms with Gasteiger partial charge >= 0.3 is 5.97 Å².